The molecule has 1 aliphatic rings. The van der Waals surface area contributed by atoms with Crippen molar-refractivity contribution in [2.45, 2.75) is 32.4 Å². The second-order valence-corrected chi connectivity index (χ2v) is 8.83. The molecule has 5 nitrogen and oxygen atoms in total. The third-order valence-corrected chi connectivity index (χ3v) is 6.63. The summed E-state index contributed by atoms with van der Waals surface area (Å²) in [7, 11) is 1.70. The quantitative estimate of drug-likeness (QED) is 0.416. The molecule has 4 aromatic rings. The first-order valence-corrected chi connectivity index (χ1v) is 11.7. The van der Waals surface area contributed by atoms with Crippen molar-refractivity contribution in [2.75, 3.05) is 13.7 Å². The fraction of sp³-hybridized carbons (Fsp3) is 0.241. The summed E-state index contributed by atoms with van der Waals surface area (Å²) in [6.45, 7) is 4.05. The van der Waals surface area contributed by atoms with Crippen molar-refractivity contribution in [3.63, 3.8) is 0 Å². The van der Waals surface area contributed by atoms with Crippen LogP contribution in [0.3, 0.4) is 0 Å². The van der Waals surface area contributed by atoms with Crippen LogP contribution in [0.1, 0.15) is 39.6 Å². The maximum Gasteiger partial charge on any atom is 0.234 e. The van der Waals surface area contributed by atoms with Crippen LogP contribution in [-0.2, 0) is 24.3 Å². The van der Waals surface area contributed by atoms with Gasteiger partial charge in [-0.3, -0.25) is 4.79 Å². The lowest BCUT2D eigenvalue weighted by molar-refractivity contribution is -0.132. The van der Waals surface area contributed by atoms with E-state index in [1.165, 1.54) is 11.3 Å². The van der Waals surface area contributed by atoms with Crippen LogP contribution in [0, 0.1) is 6.92 Å². The van der Waals surface area contributed by atoms with Crippen molar-refractivity contribution in [3.8, 4) is 5.75 Å². The Morgan fingerprint density at radius 3 is 2.29 bits per heavy atom. The summed E-state index contributed by atoms with van der Waals surface area (Å²) in [5.41, 5.74) is 6.58. The summed E-state index contributed by atoms with van der Waals surface area (Å²) in [6.07, 6.45) is 2.70. The van der Waals surface area contributed by atoms with Gasteiger partial charge in [0.25, 0.3) is 0 Å². The van der Waals surface area contributed by atoms with Gasteiger partial charge < -0.3 is 14.2 Å². The van der Waals surface area contributed by atoms with Gasteiger partial charge >= 0.3 is 0 Å². The van der Waals surface area contributed by atoms with Gasteiger partial charge in [0.1, 0.15) is 5.75 Å². The summed E-state index contributed by atoms with van der Waals surface area (Å²) in [6, 6.07) is 26.4. The molecule has 2 heterocycles. The Bertz CT molecular complexity index is 1240. The van der Waals surface area contributed by atoms with E-state index < -0.39 is 0 Å². The number of amides is 1. The van der Waals surface area contributed by atoms with E-state index in [0.717, 1.165) is 41.1 Å². The van der Waals surface area contributed by atoms with Gasteiger partial charge in [-0.15, -0.1) is 0 Å². The van der Waals surface area contributed by atoms with Crippen molar-refractivity contribution >= 4 is 5.91 Å². The molecule has 0 saturated heterocycles. The van der Waals surface area contributed by atoms with E-state index in [9.17, 15) is 4.79 Å². The summed E-state index contributed by atoms with van der Waals surface area (Å²) in [5.74, 6) is 0.716. The lowest BCUT2D eigenvalue weighted by atomic mass is 9.89. The third kappa shape index (κ3) is 4.34. The van der Waals surface area contributed by atoms with Gasteiger partial charge in [0.15, 0.2) is 0 Å². The molecule has 172 valence electrons. The highest BCUT2D eigenvalue weighted by atomic mass is 16.5. The van der Waals surface area contributed by atoms with Gasteiger partial charge in [-0.05, 0) is 35.2 Å². The Morgan fingerprint density at radius 2 is 1.68 bits per heavy atom. The topological polar surface area (TPSA) is 47.4 Å². The highest BCUT2D eigenvalue weighted by Crippen LogP contribution is 2.29. The van der Waals surface area contributed by atoms with Crippen molar-refractivity contribution in [1.82, 2.24) is 14.5 Å². The molecule has 34 heavy (non-hydrogen) atoms. The number of aromatic nitrogens is 2. The predicted octanol–water partition coefficient (Wildman–Crippen LogP) is 4.97. The normalized spacial score (nSPS) is 13.1. The largest absolute Gasteiger partial charge is 0.496 e. The average molecular weight is 452 g/mol. The number of carbonyl (C=O) groups is 1. The maximum absolute atomic E-state index is 13.8. The van der Waals surface area contributed by atoms with Crippen molar-refractivity contribution in [2.24, 2.45) is 0 Å². The Morgan fingerprint density at radius 1 is 1.00 bits per heavy atom. The number of hydrogen-bond acceptors (Lipinski definition) is 3. The van der Waals surface area contributed by atoms with Gasteiger partial charge in [0.2, 0.25) is 5.91 Å². The first kappa shape index (κ1) is 22.0. The Labute approximate surface area is 200 Å². The number of hydrogen-bond donors (Lipinski definition) is 0. The van der Waals surface area contributed by atoms with Gasteiger partial charge in [-0.2, -0.15) is 0 Å². The second kappa shape index (κ2) is 9.56. The number of imidazole rings is 1. The molecule has 1 aromatic heterocycles. The molecule has 5 rings (SSSR count). The molecule has 0 spiro atoms. The number of carbonyl (C=O) groups excluding carboxylic acids is 1. The summed E-state index contributed by atoms with van der Waals surface area (Å²) < 4.78 is 7.60. The number of aryl methyl sites for hydroxylation is 1. The number of methoxy groups -OCH3 is 1. The number of fused-ring (bicyclic) bond motifs is 1. The van der Waals surface area contributed by atoms with Crippen LogP contribution in [0.2, 0.25) is 0 Å². The molecule has 5 heteroatoms. The van der Waals surface area contributed by atoms with Gasteiger partial charge in [-0.25, -0.2) is 4.98 Å². The molecule has 0 radical (unpaired) electrons. The maximum atomic E-state index is 13.8. The van der Waals surface area contributed by atoms with E-state index in [1.54, 1.807) is 7.11 Å². The van der Waals surface area contributed by atoms with Crippen LogP contribution in [-0.4, -0.2) is 34.0 Å². The molecule has 0 atom stereocenters. The summed E-state index contributed by atoms with van der Waals surface area (Å²) in [4.78, 5) is 20.4. The fourth-order valence-corrected chi connectivity index (χ4v) is 4.88. The lowest BCUT2D eigenvalue weighted by Crippen LogP contribution is -2.39. The number of nitrogens with zero attached hydrogens (tertiary/aromatic N) is 3. The zero-order chi connectivity index (χ0) is 23.5. The molecular formula is C29H29N3O2. The molecule has 0 bridgehead atoms. The van der Waals surface area contributed by atoms with E-state index in [2.05, 4.69) is 23.6 Å². The predicted molar refractivity (Wildman–Crippen MR) is 133 cm³/mol. The van der Waals surface area contributed by atoms with Crippen LogP contribution in [0.5, 0.6) is 5.75 Å². The smallest absolute Gasteiger partial charge is 0.234 e. The van der Waals surface area contributed by atoms with Crippen LogP contribution in [0.15, 0.2) is 85.2 Å². The molecule has 1 aliphatic heterocycles. The molecule has 0 aliphatic carbocycles. The third-order valence-electron chi connectivity index (χ3n) is 6.63. The Balaban J connectivity index is 1.37. The molecule has 0 saturated carbocycles. The molecular weight excluding hydrogens is 422 g/mol. The SMILES string of the molecule is COc1ccc(Cn2cnc3c2CCN(C(=O)C(c2ccccc2)c2ccccc2)C3)cc1C. The van der Waals surface area contributed by atoms with Gasteiger partial charge in [0.05, 0.1) is 31.6 Å². The Kier molecular flexibility index (Phi) is 6.17. The highest BCUT2D eigenvalue weighted by molar-refractivity contribution is 5.87. The number of ether oxygens (including phenoxy) is 1. The fourth-order valence-electron chi connectivity index (χ4n) is 4.88. The van der Waals surface area contributed by atoms with Crippen LogP contribution in [0.4, 0.5) is 0 Å². The van der Waals surface area contributed by atoms with Crippen LogP contribution in [0.25, 0.3) is 0 Å². The molecule has 0 unspecified atom stereocenters. The van der Waals surface area contributed by atoms with E-state index >= 15 is 0 Å². The Hall–Kier alpha value is -3.86. The van der Waals surface area contributed by atoms with E-state index in [-0.39, 0.29) is 11.8 Å². The highest BCUT2D eigenvalue weighted by Gasteiger charge is 2.31. The number of benzene rings is 3. The lowest BCUT2D eigenvalue weighted by Gasteiger charge is -2.31. The second-order valence-electron chi connectivity index (χ2n) is 8.83. The minimum atomic E-state index is -0.312. The zero-order valence-corrected chi connectivity index (χ0v) is 19.6. The first-order chi connectivity index (χ1) is 16.6. The van der Waals surface area contributed by atoms with E-state index in [0.29, 0.717) is 13.1 Å². The monoisotopic (exact) mass is 451 g/mol. The number of rotatable bonds is 6. The minimum absolute atomic E-state index is 0.128. The molecule has 1 amide bonds. The van der Waals surface area contributed by atoms with Crippen molar-refractivity contribution < 1.29 is 9.53 Å². The zero-order valence-electron chi connectivity index (χ0n) is 19.6. The van der Waals surface area contributed by atoms with Crippen LogP contribution < -0.4 is 4.74 Å². The summed E-state index contributed by atoms with van der Waals surface area (Å²) >= 11 is 0. The standard InChI is InChI=1S/C29H29N3O2/c1-21-17-22(13-14-27(21)34-2)18-32-20-30-25-19-31(16-15-26(25)32)29(33)28(23-9-5-3-6-10-23)24-11-7-4-8-12-24/h3-14,17,20,28H,15-16,18-19H2,1-2H3. The van der Waals surface area contributed by atoms with E-state index in [4.69, 9.17) is 9.72 Å². The molecule has 3 aromatic carbocycles. The van der Waals surface area contributed by atoms with E-state index in [1.807, 2.05) is 78.0 Å². The molecule has 0 N–H and O–H groups in total. The van der Waals surface area contributed by atoms with Gasteiger partial charge in [-0.1, -0.05) is 72.8 Å². The average Bonchev–Trinajstić information content (AvgIpc) is 3.27. The van der Waals surface area contributed by atoms with Crippen molar-refractivity contribution in [1.29, 1.82) is 0 Å². The van der Waals surface area contributed by atoms with Crippen LogP contribution >= 0.6 is 0 Å². The summed E-state index contributed by atoms with van der Waals surface area (Å²) in [5, 5.41) is 0. The minimum Gasteiger partial charge on any atom is -0.496 e. The van der Waals surface area contributed by atoms with Crippen molar-refractivity contribution in [3.05, 3.63) is 119 Å². The molecule has 0 fully saturated rings. The first-order valence-electron chi connectivity index (χ1n) is 11.7. The van der Waals surface area contributed by atoms with Gasteiger partial charge in [0, 0.05) is 25.2 Å².